The van der Waals surface area contributed by atoms with E-state index < -0.39 is 0 Å². The molecule has 0 radical (unpaired) electrons. The summed E-state index contributed by atoms with van der Waals surface area (Å²) in [5.41, 5.74) is 9.26. The van der Waals surface area contributed by atoms with E-state index in [1.165, 1.54) is 12.0 Å². The monoisotopic (exact) mass is 270 g/mol. The number of nitrogens with two attached hydrogens (primary N) is 1. The molecule has 2 N–H and O–H groups in total. The third-order valence-corrected chi connectivity index (χ3v) is 3.76. The Balaban J connectivity index is 1.88. The van der Waals surface area contributed by atoms with Crippen LogP contribution in [0.15, 0.2) is 24.8 Å². The molecule has 0 fully saturated rings. The Kier molecular flexibility index (Phi) is 3.14. The quantitative estimate of drug-likeness (QED) is 0.786. The number of aromatic nitrogens is 5. The van der Waals surface area contributed by atoms with Crippen molar-refractivity contribution < 1.29 is 0 Å². The molecule has 3 aromatic heterocycles. The fraction of sp³-hybridized carbons (Fsp3) is 0.357. The molecule has 20 heavy (non-hydrogen) atoms. The van der Waals surface area contributed by atoms with Crippen LogP contribution in [0, 0.1) is 13.8 Å². The summed E-state index contributed by atoms with van der Waals surface area (Å²) < 4.78 is 4.16. The molecular formula is C14H18N6. The van der Waals surface area contributed by atoms with Gasteiger partial charge < -0.3 is 10.3 Å². The summed E-state index contributed by atoms with van der Waals surface area (Å²) in [4.78, 5) is 8.47. The average molecular weight is 270 g/mol. The van der Waals surface area contributed by atoms with Gasteiger partial charge in [0, 0.05) is 31.2 Å². The van der Waals surface area contributed by atoms with E-state index in [2.05, 4.69) is 33.5 Å². The Bertz CT molecular complexity index is 726. The zero-order valence-electron chi connectivity index (χ0n) is 11.7. The lowest BCUT2D eigenvalue weighted by Gasteiger charge is -2.08. The maximum Gasteiger partial charge on any atom is 0.145 e. The minimum Gasteiger partial charge on any atom is -0.383 e. The van der Waals surface area contributed by atoms with Crippen LogP contribution in [-0.4, -0.2) is 24.3 Å². The van der Waals surface area contributed by atoms with Gasteiger partial charge in [-0.05, 0) is 31.9 Å². The second kappa shape index (κ2) is 4.96. The van der Waals surface area contributed by atoms with E-state index in [0.29, 0.717) is 5.82 Å². The minimum absolute atomic E-state index is 0.557. The highest BCUT2D eigenvalue weighted by molar-refractivity contribution is 5.90. The maximum atomic E-state index is 5.97. The number of fused-ring (bicyclic) bond motifs is 1. The zero-order valence-corrected chi connectivity index (χ0v) is 11.7. The molecule has 0 aliphatic heterocycles. The molecule has 3 aromatic rings. The van der Waals surface area contributed by atoms with Crippen molar-refractivity contribution in [3.63, 3.8) is 0 Å². The molecule has 0 unspecified atom stereocenters. The largest absolute Gasteiger partial charge is 0.383 e. The predicted octanol–water partition coefficient (Wildman–Crippen LogP) is 1.92. The molecule has 3 heterocycles. The van der Waals surface area contributed by atoms with E-state index in [1.807, 2.05) is 16.9 Å². The third-order valence-electron chi connectivity index (χ3n) is 3.76. The summed E-state index contributed by atoms with van der Waals surface area (Å²) in [6.45, 7) is 5.96. The van der Waals surface area contributed by atoms with Crippen LogP contribution in [0.5, 0.6) is 0 Å². The van der Waals surface area contributed by atoms with Gasteiger partial charge in [0.1, 0.15) is 17.8 Å². The van der Waals surface area contributed by atoms with Gasteiger partial charge in [-0.2, -0.15) is 5.10 Å². The highest BCUT2D eigenvalue weighted by atomic mass is 15.3. The van der Waals surface area contributed by atoms with Crippen molar-refractivity contribution in [2.45, 2.75) is 33.4 Å². The molecule has 6 heteroatoms. The standard InChI is InChI=1S/C14H18N6/c1-10-11(2)20(8-4-7-19-6-3-5-18-19)14-12(10)13(15)16-9-17-14/h3,5-6,9H,4,7-8H2,1-2H3,(H2,15,16,17). The number of aryl methyl sites for hydroxylation is 3. The van der Waals surface area contributed by atoms with E-state index in [-0.39, 0.29) is 0 Å². The Labute approximate surface area is 117 Å². The maximum absolute atomic E-state index is 5.97. The molecule has 0 spiro atoms. The van der Waals surface area contributed by atoms with Crippen molar-refractivity contribution in [1.82, 2.24) is 24.3 Å². The molecule has 0 aliphatic carbocycles. The van der Waals surface area contributed by atoms with Crippen LogP contribution in [0.1, 0.15) is 17.7 Å². The van der Waals surface area contributed by atoms with Crippen LogP contribution in [-0.2, 0) is 13.1 Å². The van der Waals surface area contributed by atoms with Gasteiger partial charge in [-0.25, -0.2) is 9.97 Å². The van der Waals surface area contributed by atoms with Gasteiger partial charge in [0.25, 0.3) is 0 Å². The van der Waals surface area contributed by atoms with Crippen molar-refractivity contribution in [1.29, 1.82) is 0 Å². The fourth-order valence-electron chi connectivity index (χ4n) is 2.59. The Morgan fingerprint density at radius 3 is 2.80 bits per heavy atom. The van der Waals surface area contributed by atoms with Crippen molar-refractivity contribution in [2.24, 2.45) is 0 Å². The number of rotatable bonds is 4. The molecule has 0 aromatic carbocycles. The van der Waals surface area contributed by atoms with Crippen molar-refractivity contribution in [3.05, 3.63) is 36.0 Å². The van der Waals surface area contributed by atoms with E-state index in [9.17, 15) is 0 Å². The van der Waals surface area contributed by atoms with Crippen LogP contribution in [0.2, 0.25) is 0 Å². The third kappa shape index (κ3) is 2.03. The number of anilines is 1. The van der Waals surface area contributed by atoms with Gasteiger partial charge >= 0.3 is 0 Å². The van der Waals surface area contributed by atoms with Gasteiger partial charge in [-0.1, -0.05) is 0 Å². The van der Waals surface area contributed by atoms with E-state index in [0.717, 1.165) is 36.1 Å². The first-order chi connectivity index (χ1) is 9.68. The smallest absolute Gasteiger partial charge is 0.145 e. The SMILES string of the molecule is Cc1c(C)n(CCCn2cccn2)c2ncnc(N)c12. The molecule has 0 saturated heterocycles. The van der Waals surface area contributed by atoms with Crippen molar-refractivity contribution in [2.75, 3.05) is 5.73 Å². The van der Waals surface area contributed by atoms with Gasteiger partial charge in [0.15, 0.2) is 0 Å². The molecule has 0 saturated carbocycles. The van der Waals surface area contributed by atoms with Gasteiger partial charge in [-0.3, -0.25) is 4.68 Å². The Morgan fingerprint density at radius 2 is 2.05 bits per heavy atom. The summed E-state index contributed by atoms with van der Waals surface area (Å²) in [7, 11) is 0. The van der Waals surface area contributed by atoms with Crippen LogP contribution in [0.4, 0.5) is 5.82 Å². The predicted molar refractivity (Wildman–Crippen MR) is 78.3 cm³/mol. The first kappa shape index (κ1) is 12.7. The molecule has 3 rings (SSSR count). The van der Waals surface area contributed by atoms with Gasteiger partial charge in [-0.15, -0.1) is 0 Å². The van der Waals surface area contributed by atoms with Gasteiger partial charge in [0.2, 0.25) is 0 Å². The molecular weight excluding hydrogens is 252 g/mol. The Morgan fingerprint density at radius 1 is 1.20 bits per heavy atom. The van der Waals surface area contributed by atoms with E-state index >= 15 is 0 Å². The highest BCUT2D eigenvalue weighted by Crippen LogP contribution is 2.26. The number of nitrogens with zero attached hydrogens (tertiary/aromatic N) is 5. The average Bonchev–Trinajstić information content (AvgIpc) is 3.02. The summed E-state index contributed by atoms with van der Waals surface area (Å²) in [5, 5.41) is 5.19. The van der Waals surface area contributed by atoms with Crippen molar-refractivity contribution >= 4 is 16.9 Å². The summed E-state index contributed by atoms with van der Waals surface area (Å²) >= 11 is 0. The molecule has 104 valence electrons. The highest BCUT2D eigenvalue weighted by Gasteiger charge is 2.14. The normalized spacial score (nSPS) is 11.3. The summed E-state index contributed by atoms with van der Waals surface area (Å²) in [5.74, 6) is 0.557. The lowest BCUT2D eigenvalue weighted by molar-refractivity contribution is 0.527. The fourth-order valence-corrected chi connectivity index (χ4v) is 2.59. The summed E-state index contributed by atoms with van der Waals surface area (Å²) in [6, 6.07) is 1.94. The molecule has 0 atom stereocenters. The molecule has 0 bridgehead atoms. The van der Waals surface area contributed by atoms with Crippen LogP contribution < -0.4 is 5.73 Å². The summed E-state index contributed by atoms with van der Waals surface area (Å²) in [6.07, 6.45) is 6.30. The number of nitrogen functional groups attached to an aromatic ring is 1. The van der Waals surface area contributed by atoms with Crippen molar-refractivity contribution in [3.8, 4) is 0 Å². The first-order valence-corrected chi connectivity index (χ1v) is 6.72. The van der Waals surface area contributed by atoms with Crippen LogP contribution in [0.3, 0.4) is 0 Å². The second-order valence-corrected chi connectivity index (χ2v) is 4.94. The Hall–Kier alpha value is -2.37. The van der Waals surface area contributed by atoms with E-state index in [1.54, 1.807) is 6.20 Å². The topological polar surface area (TPSA) is 74.5 Å². The molecule has 0 amide bonds. The number of hydrogen-bond donors (Lipinski definition) is 1. The zero-order chi connectivity index (χ0) is 14.1. The second-order valence-electron chi connectivity index (χ2n) is 4.94. The molecule has 6 nitrogen and oxygen atoms in total. The lowest BCUT2D eigenvalue weighted by atomic mass is 10.2. The molecule has 0 aliphatic rings. The van der Waals surface area contributed by atoms with Crippen LogP contribution >= 0.6 is 0 Å². The number of hydrogen-bond acceptors (Lipinski definition) is 4. The van der Waals surface area contributed by atoms with E-state index in [4.69, 9.17) is 5.73 Å². The minimum atomic E-state index is 0.557. The first-order valence-electron chi connectivity index (χ1n) is 6.72. The van der Waals surface area contributed by atoms with Crippen LogP contribution in [0.25, 0.3) is 11.0 Å². The van der Waals surface area contributed by atoms with Gasteiger partial charge in [0.05, 0.1) is 5.39 Å². The lowest BCUT2D eigenvalue weighted by Crippen LogP contribution is -2.06.